The lowest BCUT2D eigenvalue weighted by Gasteiger charge is -2.34. The largest absolute Gasteiger partial charge is 0.365 e. The molecule has 1 aliphatic heterocycles. The Bertz CT molecular complexity index is 1210. The van der Waals surface area contributed by atoms with Crippen molar-refractivity contribution in [3.8, 4) is 0 Å². The maximum Gasteiger partial charge on any atom is 0.270 e. The number of anilines is 1. The zero-order valence-corrected chi connectivity index (χ0v) is 19.9. The van der Waals surface area contributed by atoms with Crippen LogP contribution in [0.25, 0.3) is 10.9 Å². The highest BCUT2D eigenvalue weighted by molar-refractivity contribution is 7.17. The minimum atomic E-state index is -0.467. The number of nitrogens with one attached hydrogen (secondary N) is 2. The number of carbonyl (C=O) groups is 3. The summed E-state index contributed by atoms with van der Waals surface area (Å²) < 4.78 is 0. The van der Waals surface area contributed by atoms with E-state index in [-0.39, 0.29) is 11.8 Å². The molecule has 0 spiro atoms. The molecule has 2 aliphatic rings. The molecule has 2 aromatic heterocycles. The fourth-order valence-electron chi connectivity index (χ4n) is 4.90. The van der Waals surface area contributed by atoms with E-state index in [1.807, 2.05) is 35.2 Å². The first-order valence-electron chi connectivity index (χ1n) is 11.8. The molecule has 4 N–H and O–H groups in total. The van der Waals surface area contributed by atoms with Gasteiger partial charge in [-0.05, 0) is 43.4 Å². The molecular formula is C25H29N5O3S. The van der Waals surface area contributed by atoms with E-state index in [0.717, 1.165) is 55.2 Å². The smallest absolute Gasteiger partial charge is 0.270 e. The minimum Gasteiger partial charge on any atom is -0.365 e. The van der Waals surface area contributed by atoms with Crippen LogP contribution < -0.4 is 11.1 Å². The van der Waals surface area contributed by atoms with Gasteiger partial charge in [-0.1, -0.05) is 18.2 Å². The minimum absolute atomic E-state index is 0.00855. The number of hydrogen-bond donors (Lipinski definition) is 3. The Morgan fingerprint density at radius 1 is 1.06 bits per heavy atom. The number of aryl methyl sites for hydroxylation is 1. The highest BCUT2D eigenvalue weighted by atomic mass is 32.1. The van der Waals surface area contributed by atoms with E-state index in [0.29, 0.717) is 42.3 Å². The molecule has 8 nitrogen and oxygen atoms in total. The van der Waals surface area contributed by atoms with Crippen LogP contribution in [-0.4, -0.2) is 65.2 Å². The molecule has 9 heteroatoms. The average molecular weight is 480 g/mol. The van der Waals surface area contributed by atoms with E-state index in [1.54, 1.807) is 0 Å². The molecule has 3 amide bonds. The Labute approximate surface area is 202 Å². The zero-order chi connectivity index (χ0) is 23.7. The van der Waals surface area contributed by atoms with Crippen LogP contribution in [-0.2, 0) is 17.6 Å². The summed E-state index contributed by atoms with van der Waals surface area (Å²) in [6.45, 7) is 3.30. The first kappa shape index (κ1) is 22.6. The van der Waals surface area contributed by atoms with E-state index < -0.39 is 5.91 Å². The van der Waals surface area contributed by atoms with Crippen molar-refractivity contribution >= 4 is 45.0 Å². The van der Waals surface area contributed by atoms with Crippen molar-refractivity contribution < 1.29 is 14.4 Å². The van der Waals surface area contributed by atoms with Crippen molar-refractivity contribution in [3.05, 3.63) is 52.0 Å². The Morgan fingerprint density at radius 2 is 1.82 bits per heavy atom. The number of aromatic nitrogens is 1. The van der Waals surface area contributed by atoms with Crippen molar-refractivity contribution in [1.82, 2.24) is 14.8 Å². The number of hydrogen-bond acceptors (Lipinski definition) is 5. The predicted octanol–water partition coefficient (Wildman–Crippen LogP) is 2.99. The third-order valence-electron chi connectivity index (χ3n) is 6.75. The Morgan fingerprint density at radius 3 is 2.59 bits per heavy atom. The number of amides is 3. The molecule has 0 bridgehead atoms. The number of nitrogens with zero attached hydrogens (tertiary/aromatic N) is 2. The summed E-state index contributed by atoms with van der Waals surface area (Å²) in [7, 11) is 0. The average Bonchev–Trinajstić information content (AvgIpc) is 3.44. The third-order valence-corrected chi connectivity index (χ3v) is 7.95. The maximum absolute atomic E-state index is 12.9. The SMILES string of the molecule is NC(=O)c1c(NC(=O)CCN2CCN(C(=O)c3cc4ccccc4[nH]3)CC2)sc2c1CCCC2. The van der Waals surface area contributed by atoms with Gasteiger partial charge in [0.05, 0.1) is 5.56 Å². The fourth-order valence-corrected chi connectivity index (χ4v) is 6.21. The van der Waals surface area contributed by atoms with Crippen LogP contribution in [0, 0.1) is 0 Å². The van der Waals surface area contributed by atoms with Crippen LogP contribution >= 0.6 is 11.3 Å². The molecule has 0 unspecified atom stereocenters. The van der Waals surface area contributed by atoms with Gasteiger partial charge in [0.1, 0.15) is 10.7 Å². The molecule has 0 atom stereocenters. The lowest BCUT2D eigenvalue weighted by molar-refractivity contribution is -0.116. The van der Waals surface area contributed by atoms with Gasteiger partial charge in [-0.2, -0.15) is 0 Å². The number of benzene rings is 1. The molecule has 3 heterocycles. The molecule has 1 fully saturated rings. The number of para-hydroxylation sites is 1. The first-order valence-corrected chi connectivity index (χ1v) is 12.6. The number of aromatic amines is 1. The molecule has 1 aliphatic carbocycles. The normalized spacial score (nSPS) is 16.4. The second-order valence-electron chi connectivity index (χ2n) is 8.98. The second kappa shape index (κ2) is 9.60. The number of primary amides is 1. The van der Waals surface area contributed by atoms with E-state index >= 15 is 0 Å². The van der Waals surface area contributed by atoms with Crippen LogP contribution in [0.2, 0.25) is 0 Å². The fraction of sp³-hybridized carbons (Fsp3) is 0.400. The number of fused-ring (bicyclic) bond motifs is 2. The lowest BCUT2D eigenvalue weighted by Crippen LogP contribution is -2.49. The molecule has 34 heavy (non-hydrogen) atoms. The van der Waals surface area contributed by atoms with Gasteiger partial charge in [-0.25, -0.2) is 0 Å². The Hall–Kier alpha value is -3.17. The van der Waals surface area contributed by atoms with Crippen LogP contribution in [0.1, 0.15) is 50.5 Å². The van der Waals surface area contributed by atoms with E-state index in [9.17, 15) is 14.4 Å². The summed E-state index contributed by atoms with van der Waals surface area (Å²) in [5.74, 6) is -0.572. The number of carbonyl (C=O) groups excluding carboxylic acids is 3. The van der Waals surface area contributed by atoms with Crippen molar-refractivity contribution in [1.29, 1.82) is 0 Å². The Kier molecular flexibility index (Phi) is 6.38. The van der Waals surface area contributed by atoms with Gasteiger partial charge < -0.3 is 20.9 Å². The number of nitrogens with two attached hydrogens (primary N) is 1. The maximum atomic E-state index is 12.9. The molecular weight excluding hydrogens is 450 g/mol. The van der Waals surface area contributed by atoms with E-state index in [1.165, 1.54) is 16.2 Å². The molecule has 3 aromatic rings. The van der Waals surface area contributed by atoms with Crippen LogP contribution in [0.15, 0.2) is 30.3 Å². The molecule has 0 radical (unpaired) electrons. The zero-order valence-electron chi connectivity index (χ0n) is 19.1. The van der Waals surface area contributed by atoms with Gasteiger partial charge >= 0.3 is 0 Å². The summed E-state index contributed by atoms with van der Waals surface area (Å²) in [5, 5.41) is 4.56. The molecule has 1 saturated heterocycles. The summed E-state index contributed by atoms with van der Waals surface area (Å²) in [4.78, 5) is 46.0. The van der Waals surface area contributed by atoms with Gasteiger partial charge in [0.15, 0.2) is 0 Å². The molecule has 0 saturated carbocycles. The van der Waals surface area contributed by atoms with Crippen molar-refractivity contribution in [2.24, 2.45) is 5.73 Å². The monoisotopic (exact) mass is 479 g/mol. The van der Waals surface area contributed by atoms with Crippen LogP contribution in [0.4, 0.5) is 5.00 Å². The second-order valence-corrected chi connectivity index (χ2v) is 10.1. The van der Waals surface area contributed by atoms with Gasteiger partial charge in [-0.3, -0.25) is 19.3 Å². The lowest BCUT2D eigenvalue weighted by atomic mass is 9.95. The van der Waals surface area contributed by atoms with Gasteiger partial charge in [0.25, 0.3) is 11.8 Å². The molecule has 1 aromatic carbocycles. The van der Waals surface area contributed by atoms with Gasteiger partial charge in [0.2, 0.25) is 5.91 Å². The highest BCUT2D eigenvalue weighted by Gasteiger charge is 2.26. The quantitative estimate of drug-likeness (QED) is 0.505. The van der Waals surface area contributed by atoms with Gasteiger partial charge in [0, 0.05) is 54.9 Å². The van der Waals surface area contributed by atoms with Gasteiger partial charge in [-0.15, -0.1) is 11.3 Å². The first-order chi connectivity index (χ1) is 16.5. The number of H-pyrrole nitrogens is 1. The molecule has 5 rings (SSSR count). The standard InChI is InChI=1S/C25H29N5O3S/c26-23(32)22-17-6-2-4-8-20(17)34-24(22)28-21(31)9-10-29-11-13-30(14-12-29)25(33)19-15-16-5-1-3-7-18(16)27-19/h1,3,5,7,15,27H,2,4,6,8-14H2,(H2,26,32)(H,28,31). The van der Waals surface area contributed by atoms with Crippen LogP contribution in [0.5, 0.6) is 0 Å². The summed E-state index contributed by atoms with van der Waals surface area (Å²) >= 11 is 1.49. The highest BCUT2D eigenvalue weighted by Crippen LogP contribution is 2.37. The van der Waals surface area contributed by atoms with Crippen molar-refractivity contribution in [2.45, 2.75) is 32.1 Å². The van der Waals surface area contributed by atoms with Crippen molar-refractivity contribution in [3.63, 3.8) is 0 Å². The van der Waals surface area contributed by atoms with Crippen molar-refractivity contribution in [2.75, 3.05) is 38.0 Å². The van der Waals surface area contributed by atoms with E-state index in [2.05, 4.69) is 15.2 Å². The van der Waals surface area contributed by atoms with Crippen LogP contribution in [0.3, 0.4) is 0 Å². The van der Waals surface area contributed by atoms with E-state index in [4.69, 9.17) is 5.73 Å². The Balaban J connectivity index is 1.12. The topological polar surface area (TPSA) is 112 Å². The number of rotatable bonds is 6. The summed E-state index contributed by atoms with van der Waals surface area (Å²) in [6, 6.07) is 9.76. The number of piperazine rings is 1. The number of thiophene rings is 1. The predicted molar refractivity (Wildman–Crippen MR) is 133 cm³/mol. The summed E-state index contributed by atoms with van der Waals surface area (Å²) in [5.41, 5.74) is 8.71. The summed E-state index contributed by atoms with van der Waals surface area (Å²) in [6.07, 6.45) is 4.27. The molecule has 178 valence electrons. The third kappa shape index (κ3) is 4.58.